The van der Waals surface area contributed by atoms with Crippen molar-refractivity contribution >= 4 is 29.5 Å². The van der Waals surface area contributed by atoms with E-state index >= 15 is 0 Å². The third-order valence-corrected chi connectivity index (χ3v) is 6.18. The summed E-state index contributed by atoms with van der Waals surface area (Å²) in [4.78, 5) is 40.0. The number of thioether (sulfide) groups is 1. The van der Waals surface area contributed by atoms with Crippen LogP contribution in [0.3, 0.4) is 0 Å². The van der Waals surface area contributed by atoms with Gasteiger partial charge in [-0.2, -0.15) is 0 Å². The van der Waals surface area contributed by atoms with Crippen molar-refractivity contribution in [1.82, 2.24) is 9.80 Å². The Morgan fingerprint density at radius 2 is 2.04 bits per heavy atom. The number of rotatable bonds is 4. The number of carbonyl (C=O) groups is 3. The fraction of sp³-hybridized carbons (Fsp3) is 0.611. The van der Waals surface area contributed by atoms with Gasteiger partial charge in [0.05, 0.1) is 6.26 Å². The smallest absolute Gasteiger partial charge is 0.330 e. The molecule has 0 bridgehead atoms. The summed E-state index contributed by atoms with van der Waals surface area (Å²) in [6, 6.07) is 2.82. The summed E-state index contributed by atoms with van der Waals surface area (Å²) in [6.07, 6.45) is 3.49. The Kier molecular flexibility index (Phi) is 5.90. The molecule has 3 heterocycles. The summed E-state index contributed by atoms with van der Waals surface area (Å²) in [7, 11) is 0. The molecule has 0 aromatic carbocycles. The molecule has 1 aromatic rings. The Morgan fingerprint density at radius 1 is 1.31 bits per heavy atom. The zero-order chi connectivity index (χ0) is 18.7. The van der Waals surface area contributed by atoms with Gasteiger partial charge in [0.1, 0.15) is 17.2 Å². The Bertz CT molecular complexity index is 655. The molecule has 142 valence electrons. The average molecular weight is 380 g/mol. The first-order valence-corrected chi connectivity index (χ1v) is 9.90. The fourth-order valence-electron chi connectivity index (χ4n) is 3.30. The molecule has 8 heteroatoms. The van der Waals surface area contributed by atoms with E-state index in [0.29, 0.717) is 30.5 Å². The van der Waals surface area contributed by atoms with Crippen LogP contribution in [0.2, 0.25) is 0 Å². The molecule has 2 amide bonds. The van der Waals surface area contributed by atoms with Crippen molar-refractivity contribution < 1.29 is 23.5 Å². The van der Waals surface area contributed by atoms with Crippen LogP contribution in [0.4, 0.5) is 0 Å². The Labute approximate surface area is 157 Å². The molecule has 7 nitrogen and oxygen atoms in total. The van der Waals surface area contributed by atoms with Crippen LogP contribution in [0.25, 0.3) is 0 Å². The fourth-order valence-corrected chi connectivity index (χ4v) is 4.72. The minimum atomic E-state index is -0.707. The van der Waals surface area contributed by atoms with E-state index in [2.05, 4.69) is 6.92 Å². The number of amides is 2. The zero-order valence-electron chi connectivity index (χ0n) is 15.1. The largest absolute Gasteiger partial charge is 0.466 e. The number of piperidine rings is 1. The molecule has 2 aliphatic rings. The van der Waals surface area contributed by atoms with Gasteiger partial charge in [0.2, 0.25) is 5.91 Å². The van der Waals surface area contributed by atoms with Crippen LogP contribution in [0, 0.1) is 5.92 Å². The van der Waals surface area contributed by atoms with Gasteiger partial charge in [-0.3, -0.25) is 9.59 Å². The first-order chi connectivity index (χ1) is 12.5. The highest BCUT2D eigenvalue weighted by Gasteiger charge is 2.43. The Hall–Kier alpha value is -1.96. The minimum absolute atomic E-state index is 0.173. The number of nitrogens with zero attached hydrogens (tertiary/aromatic N) is 2. The number of esters is 1. The molecule has 2 atom stereocenters. The monoisotopic (exact) mass is 380 g/mol. The lowest BCUT2D eigenvalue weighted by atomic mass is 9.99. The summed E-state index contributed by atoms with van der Waals surface area (Å²) in [5.41, 5.74) is 0. The van der Waals surface area contributed by atoms with Crippen LogP contribution < -0.4 is 0 Å². The van der Waals surface area contributed by atoms with E-state index < -0.39 is 12.0 Å². The van der Waals surface area contributed by atoms with Crippen molar-refractivity contribution in [1.29, 1.82) is 0 Å². The number of carbonyl (C=O) groups excluding carboxylic acids is 3. The van der Waals surface area contributed by atoms with E-state index in [1.165, 1.54) is 29.8 Å². The highest BCUT2D eigenvalue weighted by Crippen LogP contribution is 2.41. The van der Waals surface area contributed by atoms with Gasteiger partial charge in [-0.1, -0.05) is 6.92 Å². The van der Waals surface area contributed by atoms with E-state index in [1.54, 1.807) is 17.0 Å². The van der Waals surface area contributed by atoms with Crippen LogP contribution >= 0.6 is 11.8 Å². The van der Waals surface area contributed by atoms with E-state index in [-0.39, 0.29) is 23.8 Å². The first-order valence-electron chi connectivity index (χ1n) is 8.85. The Morgan fingerprint density at radius 3 is 2.65 bits per heavy atom. The molecule has 2 aliphatic heterocycles. The van der Waals surface area contributed by atoms with Gasteiger partial charge in [-0.25, -0.2) is 4.79 Å². The van der Waals surface area contributed by atoms with Crippen LogP contribution in [0.5, 0.6) is 0 Å². The molecule has 3 rings (SSSR count). The molecule has 0 aliphatic carbocycles. The van der Waals surface area contributed by atoms with Crippen LogP contribution in [0.15, 0.2) is 22.8 Å². The quantitative estimate of drug-likeness (QED) is 0.744. The standard InChI is InChI=1S/C18H24N2O5S/c1-12-5-7-19(8-6-12)16(22)10-25-18(23)14-11-26-17(20(14)13(2)21)15-4-3-9-24-15/h3-4,9,12,14,17H,5-8,10-11H2,1-2H3/t14-,17+/m0/s1. The lowest BCUT2D eigenvalue weighted by Crippen LogP contribution is -2.45. The highest BCUT2D eigenvalue weighted by molar-refractivity contribution is 7.99. The third kappa shape index (κ3) is 4.06. The highest BCUT2D eigenvalue weighted by atomic mass is 32.2. The average Bonchev–Trinajstić information content (AvgIpc) is 3.28. The lowest BCUT2D eigenvalue weighted by Gasteiger charge is -2.30. The summed E-state index contributed by atoms with van der Waals surface area (Å²) >= 11 is 1.45. The Balaban J connectivity index is 1.57. The van der Waals surface area contributed by atoms with E-state index in [1.807, 2.05) is 0 Å². The molecule has 1 aromatic heterocycles. The van der Waals surface area contributed by atoms with Crippen molar-refractivity contribution in [2.75, 3.05) is 25.4 Å². The van der Waals surface area contributed by atoms with Crippen LogP contribution in [-0.2, 0) is 19.1 Å². The molecule has 0 saturated carbocycles. The molecule has 0 radical (unpaired) electrons. The first kappa shape index (κ1) is 18.8. The summed E-state index contributed by atoms with van der Waals surface area (Å²) < 4.78 is 10.6. The van der Waals surface area contributed by atoms with Gasteiger partial charge in [-0.15, -0.1) is 11.8 Å². The van der Waals surface area contributed by atoms with Gasteiger partial charge in [0.25, 0.3) is 5.91 Å². The number of furan rings is 1. The molecule has 26 heavy (non-hydrogen) atoms. The molecule has 0 unspecified atom stereocenters. The van der Waals surface area contributed by atoms with Crippen LogP contribution in [0.1, 0.15) is 37.8 Å². The maximum absolute atomic E-state index is 12.5. The predicted octanol–water partition coefficient (Wildman–Crippen LogP) is 2.04. The summed E-state index contributed by atoms with van der Waals surface area (Å²) in [6.45, 7) is 4.73. The van der Waals surface area contributed by atoms with Crippen molar-refractivity contribution in [3.8, 4) is 0 Å². The third-order valence-electron chi connectivity index (χ3n) is 4.90. The second-order valence-corrected chi connectivity index (χ2v) is 7.93. The number of ether oxygens (including phenoxy) is 1. The zero-order valence-corrected chi connectivity index (χ0v) is 15.9. The van der Waals surface area contributed by atoms with Gasteiger partial charge in [-0.05, 0) is 30.9 Å². The topological polar surface area (TPSA) is 80.1 Å². The SMILES string of the molecule is CC(=O)N1[C@@H](c2ccco2)SC[C@H]1C(=O)OCC(=O)N1CCC(C)CC1. The normalized spacial score (nSPS) is 23.9. The molecular weight excluding hydrogens is 356 g/mol. The number of hydrogen-bond donors (Lipinski definition) is 0. The second-order valence-electron chi connectivity index (χ2n) is 6.81. The van der Waals surface area contributed by atoms with E-state index in [4.69, 9.17) is 9.15 Å². The number of likely N-dealkylation sites (tertiary alicyclic amines) is 1. The lowest BCUT2D eigenvalue weighted by molar-refractivity contribution is -0.158. The van der Waals surface area contributed by atoms with E-state index in [0.717, 1.165) is 12.8 Å². The maximum Gasteiger partial charge on any atom is 0.330 e. The van der Waals surface area contributed by atoms with Crippen molar-refractivity contribution in [2.24, 2.45) is 5.92 Å². The van der Waals surface area contributed by atoms with Crippen LogP contribution in [-0.4, -0.2) is 59.1 Å². The molecule has 0 N–H and O–H groups in total. The second kappa shape index (κ2) is 8.16. The van der Waals surface area contributed by atoms with Gasteiger partial charge >= 0.3 is 5.97 Å². The van der Waals surface area contributed by atoms with Crippen molar-refractivity contribution in [3.63, 3.8) is 0 Å². The number of hydrogen-bond acceptors (Lipinski definition) is 6. The molecule has 0 spiro atoms. The summed E-state index contributed by atoms with van der Waals surface area (Å²) in [5, 5.41) is -0.348. The summed E-state index contributed by atoms with van der Waals surface area (Å²) in [5.74, 6) is 0.723. The van der Waals surface area contributed by atoms with Crippen molar-refractivity contribution in [3.05, 3.63) is 24.2 Å². The van der Waals surface area contributed by atoms with E-state index in [9.17, 15) is 14.4 Å². The van der Waals surface area contributed by atoms with Gasteiger partial charge in [0.15, 0.2) is 6.61 Å². The minimum Gasteiger partial charge on any atom is -0.466 e. The molecular formula is C18H24N2O5S. The maximum atomic E-state index is 12.5. The molecule has 2 fully saturated rings. The van der Waals surface area contributed by atoms with Crippen molar-refractivity contribution in [2.45, 2.75) is 38.1 Å². The van der Waals surface area contributed by atoms with Gasteiger partial charge in [0, 0.05) is 25.8 Å². The molecule has 2 saturated heterocycles. The predicted molar refractivity (Wildman–Crippen MR) is 96.2 cm³/mol. The van der Waals surface area contributed by atoms with Gasteiger partial charge < -0.3 is 19.0 Å².